The standard InChI is InChI=1S/C8H9NO4/c9-6-4-3-12-2-1-5(4)13-7(6)8(10)11/h1-3,9H2,(H,10,11). The van der Waals surface area contributed by atoms with E-state index in [1.165, 1.54) is 0 Å². The molecule has 2 heterocycles. The van der Waals surface area contributed by atoms with Gasteiger partial charge in [-0.3, -0.25) is 0 Å². The summed E-state index contributed by atoms with van der Waals surface area (Å²) in [6.07, 6.45) is 0.590. The van der Waals surface area contributed by atoms with Crippen molar-refractivity contribution in [3.05, 3.63) is 17.1 Å². The van der Waals surface area contributed by atoms with Gasteiger partial charge in [-0.2, -0.15) is 0 Å². The van der Waals surface area contributed by atoms with Gasteiger partial charge in [-0.1, -0.05) is 0 Å². The number of fused-ring (bicyclic) bond motifs is 1. The minimum absolute atomic E-state index is 0.171. The van der Waals surface area contributed by atoms with Gasteiger partial charge in [0.1, 0.15) is 5.76 Å². The fourth-order valence-electron chi connectivity index (χ4n) is 1.39. The first kappa shape index (κ1) is 8.12. The lowest BCUT2D eigenvalue weighted by atomic mass is 10.1. The van der Waals surface area contributed by atoms with Crippen LogP contribution in [-0.4, -0.2) is 17.7 Å². The number of carboxylic acids is 1. The number of carboxylic acid groups (broad SMARTS) is 1. The van der Waals surface area contributed by atoms with Crippen molar-refractivity contribution in [3.63, 3.8) is 0 Å². The number of anilines is 1. The molecular formula is C8H9NO4. The van der Waals surface area contributed by atoms with Gasteiger partial charge in [0.05, 0.1) is 18.9 Å². The molecule has 70 valence electrons. The summed E-state index contributed by atoms with van der Waals surface area (Å²) in [5.41, 5.74) is 6.45. The maximum Gasteiger partial charge on any atom is 0.374 e. The number of carbonyl (C=O) groups is 1. The van der Waals surface area contributed by atoms with E-state index in [2.05, 4.69) is 0 Å². The van der Waals surface area contributed by atoms with E-state index in [0.29, 0.717) is 31.0 Å². The summed E-state index contributed by atoms with van der Waals surface area (Å²) in [5, 5.41) is 8.70. The molecule has 0 radical (unpaired) electrons. The third-order valence-electron chi connectivity index (χ3n) is 2.05. The second kappa shape index (κ2) is 2.77. The molecule has 3 N–H and O–H groups in total. The minimum atomic E-state index is -1.13. The predicted molar refractivity (Wildman–Crippen MR) is 43.4 cm³/mol. The van der Waals surface area contributed by atoms with E-state index in [1.807, 2.05) is 0 Å². The molecule has 5 heteroatoms. The summed E-state index contributed by atoms with van der Waals surface area (Å²) in [5.74, 6) is -0.663. The average molecular weight is 183 g/mol. The van der Waals surface area contributed by atoms with E-state index in [4.69, 9.17) is 20.0 Å². The zero-order valence-electron chi connectivity index (χ0n) is 6.87. The zero-order valence-corrected chi connectivity index (χ0v) is 6.87. The molecule has 1 aliphatic heterocycles. The topological polar surface area (TPSA) is 85.7 Å². The predicted octanol–water partition coefficient (Wildman–Crippen LogP) is 0.633. The normalized spacial score (nSPS) is 15.4. The van der Waals surface area contributed by atoms with E-state index >= 15 is 0 Å². The number of nitrogens with two attached hydrogens (primary N) is 1. The molecule has 0 spiro atoms. The molecule has 0 bridgehead atoms. The van der Waals surface area contributed by atoms with Crippen LogP contribution in [-0.2, 0) is 17.8 Å². The molecule has 0 saturated carbocycles. The number of nitrogen functional groups attached to an aromatic ring is 1. The number of hydrogen-bond acceptors (Lipinski definition) is 4. The number of furan rings is 1. The Morgan fingerprint density at radius 3 is 2.92 bits per heavy atom. The highest BCUT2D eigenvalue weighted by Crippen LogP contribution is 2.29. The maximum absolute atomic E-state index is 10.6. The van der Waals surface area contributed by atoms with E-state index in [9.17, 15) is 4.79 Å². The van der Waals surface area contributed by atoms with Gasteiger partial charge in [0.15, 0.2) is 0 Å². The highest BCUT2D eigenvalue weighted by Gasteiger charge is 2.24. The molecule has 0 saturated heterocycles. The first-order valence-electron chi connectivity index (χ1n) is 3.91. The van der Waals surface area contributed by atoms with Crippen molar-refractivity contribution in [2.24, 2.45) is 0 Å². The summed E-state index contributed by atoms with van der Waals surface area (Å²) in [6.45, 7) is 0.900. The fourth-order valence-corrected chi connectivity index (χ4v) is 1.39. The summed E-state index contributed by atoms with van der Waals surface area (Å²) in [4.78, 5) is 10.6. The van der Waals surface area contributed by atoms with Gasteiger partial charge < -0.3 is 20.0 Å². The Morgan fingerprint density at radius 2 is 2.31 bits per heavy atom. The number of hydrogen-bond donors (Lipinski definition) is 2. The molecule has 0 aromatic carbocycles. The lowest BCUT2D eigenvalue weighted by Crippen LogP contribution is -2.08. The highest BCUT2D eigenvalue weighted by atomic mass is 16.5. The van der Waals surface area contributed by atoms with Gasteiger partial charge >= 0.3 is 5.97 Å². The molecular weight excluding hydrogens is 174 g/mol. The molecule has 0 atom stereocenters. The largest absolute Gasteiger partial charge is 0.475 e. The third-order valence-corrected chi connectivity index (χ3v) is 2.05. The van der Waals surface area contributed by atoms with Crippen molar-refractivity contribution in [3.8, 4) is 0 Å². The van der Waals surface area contributed by atoms with E-state index in [1.54, 1.807) is 0 Å². The SMILES string of the molecule is Nc1c(C(=O)O)oc2c1COCC2. The van der Waals surface area contributed by atoms with Crippen LogP contribution in [0.25, 0.3) is 0 Å². The molecule has 1 aromatic heterocycles. The fraction of sp³-hybridized carbons (Fsp3) is 0.375. The average Bonchev–Trinajstić information content (AvgIpc) is 2.45. The summed E-state index contributed by atoms with van der Waals surface area (Å²) >= 11 is 0. The van der Waals surface area contributed by atoms with Crippen molar-refractivity contribution >= 4 is 11.7 Å². The Labute approximate surface area is 74.1 Å². The van der Waals surface area contributed by atoms with Gasteiger partial charge in [-0.25, -0.2) is 4.79 Å². The van der Waals surface area contributed by atoms with Crippen LogP contribution in [0, 0.1) is 0 Å². The molecule has 1 aliphatic rings. The quantitative estimate of drug-likeness (QED) is 0.667. The second-order valence-corrected chi connectivity index (χ2v) is 2.85. The van der Waals surface area contributed by atoms with E-state index in [0.717, 1.165) is 0 Å². The Kier molecular flexibility index (Phi) is 1.73. The molecule has 2 rings (SSSR count). The number of ether oxygens (including phenoxy) is 1. The highest BCUT2D eigenvalue weighted by molar-refractivity contribution is 5.91. The summed E-state index contributed by atoms with van der Waals surface area (Å²) in [7, 11) is 0. The Morgan fingerprint density at radius 1 is 1.54 bits per heavy atom. The molecule has 0 aliphatic carbocycles. The lowest BCUT2D eigenvalue weighted by Gasteiger charge is -2.09. The molecule has 0 unspecified atom stereocenters. The van der Waals surface area contributed by atoms with Crippen LogP contribution in [0.1, 0.15) is 21.9 Å². The van der Waals surface area contributed by atoms with E-state index < -0.39 is 5.97 Å². The van der Waals surface area contributed by atoms with Gasteiger partial charge in [-0.15, -0.1) is 0 Å². The van der Waals surface area contributed by atoms with Crippen molar-refractivity contribution in [1.82, 2.24) is 0 Å². The van der Waals surface area contributed by atoms with Crippen LogP contribution in [0.2, 0.25) is 0 Å². The van der Waals surface area contributed by atoms with E-state index in [-0.39, 0.29) is 11.4 Å². The molecule has 0 fully saturated rings. The van der Waals surface area contributed by atoms with Crippen molar-refractivity contribution < 1.29 is 19.1 Å². The lowest BCUT2D eigenvalue weighted by molar-refractivity contribution is 0.0657. The Bertz CT molecular complexity index is 355. The molecule has 5 nitrogen and oxygen atoms in total. The molecule has 1 aromatic rings. The van der Waals surface area contributed by atoms with Crippen molar-refractivity contribution in [1.29, 1.82) is 0 Å². The van der Waals surface area contributed by atoms with Crippen LogP contribution in [0.5, 0.6) is 0 Å². The van der Waals surface area contributed by atoms with Crippen molar-refractivity contribution in [2.75, 3.05) is 12.3 Å². The first-order chi connectivity index (χ1) is 6.20. The monoisotopic (exact) mass is 183 g/mol. The summed E-state index contributed by atoms with van der Waals surface area (Å²) < 4.78 is 10.2. The Hall–Kier alpha value is -1.49. The summed E-state index contributed by atoms with van der Waals surface area (Å²) in [6, 6.07) is 0. The zero-order chi connectivity index (χ0) is 9.42. The van der Waals surface area contributed by atoms with Crippen LogP contribution >= 0.6 is 0 Å². The maximum atomic E-state index is 10.6. The van der Waals surface area contributed by atoms with Crippen LogP contribution in [0.3, 0.4) is 0 Å². The van der Waals surface area contributed by atoms with Gasteiger partial charge in [0.25, 0.3) is 0 Å². The van der Waals surface area contributed by atoms with Crippen molar-refractivity contribution in [2.45, 2.75) is 13.0 Å². The van der Waals surface area contributed by atoms with Crippen LogP contribution in [0.4, 0.5) is 5.69 Å². The number of aromatic carboxylic acids is 1. The molecule has 0 amide bonds. The second-order valence-electron chi connectivity index (χ2n) is 2.85. The Balaban J connectivity index is 2.50. The minimum Gasteiger partial charge on any atom is -0.475 e. The first-order valence-corrected chi connectivity index (χ1v) is 3.91. The number of rotatable bonds is 1. The van der Waals surface area contributed by atoms with Crippen LogP contribution < -0.4 is 5.73 Å². The van der Waals surface area contributed by atoms with Gasteiger partial charge in [-0.05, 0) is 0 Å². The van der Waals surface area contributed by atoms with Gasteiger partial charge in [0.2, 0.25) is 5.76 Å². The third kappa shape index (κ3) is 1.17. The smallest absolute Gasteiger partial charge is 0.374 e. The molecule has 13 heavy (non-hydrogen) atoms. The van der Waals surface area contributed by atoms with Gasteiger partial charge in [0, 0.05) is 12.0 Å². The van der Waals surface area contributed by atoms with Crippen LogP contribution in [0.15, 0.2) is 4.42 Å².